The summed E-state index contributed by atoms with van der Waals surface area (Å²) < 4.78 is 7.87. The number of aromatic nitrogens is 2. The Bertz CT molecular complexity index is 335. The van der Waals surface area contributed by atoms with Crippen molar-refractivity contribution in [3.63, 3.8) is 0 Å². The molecule has 3 rings (SSSR count). The summed E-state index contributed by atoms with van der Waals surface area (Å²) in [4.78, 5) is 4.72. The Morgan fingerprint density at radius 1 is 1.56 bits per heavy atom. The standard InChI is InChI=1S/C11H17N3OS/c1-2-12-10(7-15-4-1)9-6-14-3-5-16-8-11(14)13-9/h6,10,12H,1-5,7-8H2. The van der Waals surface area contributed by atoms with Gasteiger partial charge in [-0.1, -0.05) is 0 Å². The minimum Gasteiger partial charge on any atom is -0.379 e. The zero-order chi connectivity index (χ0) is 10.8. The number of aryl methyl sites for hydroxylation is 1. The third-order valence-corrected chi connectivity index (χ3v) is 4.02. The summed E-state index contributed by atoms with van der Waals surface area (Å²) >= 11 is 1.97. The molecule has 1 atom stereocenters. The summed E-state index contributed by atoms with van der Waals surface area (Å²) in [5.41, 5.74) is 1.15. The van der Waals surface area contributed by atoms with Gasteiger partial charge < -0.3 is 14.6 Å². The van der Waals surface area contributed by atoms with Crippen LogP contribution in [0.15, 0.2) is 6.20 Å². The fourth-order valence-corrected chi connectivity index (χ4v) is 3.06. The van der Waals surface area contributed by atoms with Crippen LogP contribution in [0.1, 0.15) is 24.0 Å². The van der Waals surface area contributed by atoms with Crippen molar-refractivity contribution in [2.45, 2.75) is 24.8 Å². The van der Waals surface area contributed by atoms with E-state index < -0.39 is 0 Å². The first-order valence-corrected chi connectivity index (χ1v) is 7.04. The zero-order valence-corrected chi connectivity index (χ0v) is 10.1. The molecule has 0 radical (unpaired) electrons. The Hall–Kier alpha value is -0.520. The van der Waals surface area contributed by atoms with Crippen LogP contribution in [0, 0.1) is 0 Å². The van der Waals surface area contributed by atoms with E-state index in [2.05, 4.69) is 16.1 Å². The maximum Gasteiger partial charge on any atom is 0.119 e. The van der Waals surface area contributed by atoms with Crippen molar-refractivity contribution in [1.29, 1.82) is 0 Å². The number of rotatable bonds is 1. The monoisotopic (exact) mass is 239 g/mol. The van der Waals surface area contributed by atoms with Crippen molar-refractivity contribution in [3.8, 4) is 0 Å². The molecule has 0 aliphatic carbocycles. The van der Waals surface area contributed by atoms with Gasteiger partial charge >= 0.3 is 0 Å². The first-order valence-electron chi connectivity index (χ1n) is 5.88. The van der Waals surface area contributed by atoms with Gasteiger partial charge in [0.2, 0.25) is 0 Å². The summed E-state index contributed by atoms with van der Waals surface area (Å²) in [7, 11) is 0. The number of ether oxygens (including phenoxy) is 1. The Morgan fingerprint density at radius 2 is 2.56 bits per heavy atom. The van der Waals surface area contributed by atoms with E-state index in [9.17, 15) is 0 Å². The van der Waals surface area contributed by atoms with E-state index in [-0.39, 0.29) is 6.04 Å². The lowest BCUT2D eigenvalue weighted by molar-refractivity contribution is 0.131. The minimum atomic E-state index is 0.283. The lowest BCUT2D eigenvalue weighted by Gasteiger charge is -2.12. The SMILES string of the molecule is c1c(C2COCCCN2)nc2n1CCSC2. The molecule has 1 aromatic heterocycles. The van der Waals surface area contributed by atoms with Gasteiger partial charge in [0.25, 0.3) is 0 Å². The molecule has 16 heavy (non-hydrogen) atoms. The van der Waals surface area contributed by atoms with E-state index in [0.29, 0.717) is 0 Å². The van der Waals surface area contributed by atoms with Crippen molar-refractivity contribution < 1.29 is 4.74 Å². The molecule has 0 aromatic carbocycles. The maximum atomic E-state index is 5.58. The highest BCUT2D eigenvalue weighted by atomic mass is 32.2. The second-order valence-corrected chi connectivity index (χ2v) is 5.37. The van der Waals surface area contributed by atoms with Crippen molar-refractivity contribution in [2.75, 3.05) is 25.5 Å². The van der Waals surface area contributed by atoms with Gasteiger partial charge in [-0.3, -0.25) is 0 Å². The molecular weight excluding hydrogens is 222 g/mol. The number of fused-ring (bicyclic) bond motifs is 1. The summed E-state index contributed by atoms with van der Waals surface area (Å²) in [6.07, 6.45) is 3.29. The average molecular weight is 239 g/mol. The fourth-order valence-electron chi connectivity index (χ4n) is 2.18. The predicted molar refractivity (Wildman–Crippen MR) is 64.6 cm³/mol. The molecule has 1 saturated heterocycles. The highest BCUT2D eigenvalue weighted by Gasteiger charge is 2.20. The molecule has 0 saturated carbocycles. The van der Waals surface area contributed by atoms with E-state index in [1.165, 1.54) is 11.6 Å². The fraction of sp³-hybridized carbons (Fsp3) is 0.727. The van der Waals surface area contributed by atoms with Crippen LogP contribution in [-0.4, -0.2) is 35.1 Å². The van der Waals surface area contributed by atoms with E-state index in [4.69, 9.17) is 9.72 Å². The lowest BCUT2D eigenvalue weighted by atomic mass is 10.2. The van der Waals surface area contributed by atoms with Gasteiger partial charge in [-0.15, -0.1) is 0 Å². The first-order chi connectivity index (χ1) is 7.93. The van der Waals surface area contributed by atoms with Gasteiger partial charge in [0.15, 0.2) is 0 Å². The molecule has 1 N–H and O–H groups in total. The third kappa shape index (κ3) is 2.12. The van der Waals surface area contributed by atoms with E-state index in [1.54, 1.807) is 0 Å². The molecule has 0 amide bonds. The largest absolute Gasteiger partial charge is 0.379 e. The van der Waals surface area contributed by atoms with Gasteiger partial charge in [0.05, 0.1) is 24.1 Å². The lowest BCUT2D eigenvalue weighted by Crippen LogP contribution is -2.23. The quantitative estimate of drug-likeness (QED) is 0.799. The Balaban J connectivity index is 1.79. The topological polar surface area (TPSA) is 39.1 Å². The summed E-state index contributed by atoms with van der Waals surface area (Å²) in [6, 6.07) is 0.283. The number of imidazole rings is 1. The predicted octanol–water partition coefficient (Wildman–Crippen LogP) is 1.18. The molecular formula is C11H17N3OS. The molecule has 4 nitrogen and oxygen atoms in total. The highest BCUT2D eigenvalue weighted by Crippen LogP contribution is 2.22. The number of thioether (sulfide) groups is 1. The van der Waals surface area contributed by atoms with Crippen LogP contribution in [0.5, 0.6) is 0 Å². The Kier molecular flexibility index (Phi) is 3.17. The molecule has 2 aliphatic rings. The smallest absolute Gasteiger partial charge is 0.119 e. The molecule has 0 spiro atoms. The molecule has 5 heteroatoms. The van der Waals surface area contributed by atoms with E-state index in [1.807, 2.05) is 11.8 Å². The van der Waals surface area contributed by atoms with Crippen LogP contribution < -0.4 is 5.32 Å². The van der Waals surface area contributed by atoms with Gasteiger partial charge in [-0.25, -0.2) is 4.98 Å². The molecule has 88 valence electrons. The summed E-state index contributed by atoms with van der Waals surface area (Å²) in [5, 5.41) is 3.50. The summed E-state index contributed by atoms with van der Waals surface area (Å²) in [6.45, 7) is 3.75. The number of nitrogens with one attached hydrogen (secondary N) is 1. The van der Waals surface area contributed by atoms with Crippen LogP contribution in [0.2, 0.25) is 0 Å². The highest BCUT2D eigenvalue weighted by molar-refractivity contribution is 7.98. The maximum absolute atomic E-state index is 5.58. The zero-order valence-electron chi connectivity index (χ0n) is 9.32. The van der Waals surface area contributed by atoms with Crippen molar-refractivity contribution in [3.05, 3.63) is 17.7 Å². The van der Waals surface area contributed by atoms with E-state index in [0.717, 1.165) is 44.2 Å². The summed E-state index contributed by atoms with van der Waals surface area (Å²) in [5.74, 6) is 3.47. The van der Waals surface area contributed by atoms with Crippen molar-refractivity contribution in [2.24, 2.45) is 0 Å². The van der Waals surface area contributed by atoms with Crippen LogP contribution in [0.3, 0.4) is 0 Å². The molecule has 1 unspecified atom stereocenters. The van der Waals surface area contributed by atoms with Crippen LogP contribution in [0.4, 0.5) is 0 Å². The van der Waals surface area contributed by atoms with Gasteiger partial charge in [-0.2, -0.15) is 11.8 Å². The number of nitrogens with zero attached hydrogens (tertiary/aromatic N) is 2. The normalized spacial score (nSPS) is 26.1. The third-order valence-electron chi connectivity index (χ3n) is 3.08. The minimum absolute atomic E-state index is 0.283. The van der Waals surface area contributed by atoms with Crippen molar-refractivity contribution in [1.82, 2.24) is 14.9 Å². The van der Waals surface area contributed by atoms with Crippen LogP contribution in [-0.2, 0) is 17.0 Å². The molecule has 1 fully saturated rings. The van der Waals surface area contributed by atoms with Crippen molar-refractivity contribution >= 4 is 11.8 Å². The van der Waals surface area contributed by atoms with Gasteiger partial charge in [0.1, 0.15) is 5.82 Å². The van der Waals surface area contributed by atoms with Gasteiger partial charge in [-0.05, 0) is 13.0 Å². The van der Waals surface area contributed by atoms with Crippen LogP contribution in [0.25, 0.3) is 0 Å². The average Bonchev–Trinajstić information content (AvgIpc) is 2.56. The van der Waals surface area contributed by atoms with Gasteiger partial charge in [0, 0.05) is 25.1 Å². The molecule has 3 heterocycles. The molecule has 0 bridgehead atoms. The molecule has 1 aromatic rings. The Morgan fingerprint density at radius 3 is 3.50 bits per heavy atom. The first kappa shape index (κ1) is 10.6. The number of hydrogen-bond donors (Lipinski definition) is 1. The van der Waals surface area contributed by atoms with E-state index >= 15 is 0 Å². The molecule has 2 aliphatic heterocycles. The van der Waals surface area contributed by atoms with Crippen LogP contribution >= 0.6 is 11.8 Å². The Labute approximate surface area is 99.8 Å². The number of hydrogen-bond acceptors (Lipinski definition) is 4. The second-order valence-electron chi connectivity index (χ2n) is 4.26. The second kappa shape index (κ2) is 4.77.